The Balaban J connectivity index is 1.66. The molecule has 0 saturated heterocycles. The second-order valence-electron chi connectivity index (χ2n) is 6.92. The molecule has 0 atom stereocenters. The highest BCUT2D eigenvalue weighted by atomic mass is 32.1. The molecule has 1 aliphatic rings. The molecule has 0 unspecified atom stereocenters. The number of anilines is 1. The third kappa shape index (κ3) is 3.49. The van der Waals surface area contributed by atoms with Gasteiger partial charge in [0.2, 0.25) is 0 Å². The Kier molecular flexibility index (Phi) is 4.51. The van der Waals surface area contributed by atoms with Gasteiger partial charge < -0.3 is 4.90 Å². The average molecular weight is 373 g/mol. The molecule has 1 aromatic heterocycles. The Bertz CT molecular complexity index is 1040. The first-order chi connectivity index (χ1) is 13.1. The molecule has 0 spiro atoms. The number of hydrogen-bond donors (Lipinski definition) is 0. The van der Waals surface area contributed by atoms with Gasteiger partial charge in [-0.3, -0.25) is 4.79 Å². The maximum atomic E-state index is 13.2. The van der Waals surface area contributed by atoms with Crippen molar-refractivity contribution in [2.75, 3.05) is 4.90 Å². The van der Waals surface area contributed by atoms with Crippen LogP contribution in [0, 0.1) is 25.2 Å². The minimum absolute atomic E-state index is 0.0695. The summed E-state index contributed by atoms with van der Waals surface area (Å²) in [5, 5.41) is 11.8. The van der Waals surface area contributed by atoms with Crippen molar-refractivity contribution in [3.63, 3.8) is 0 Å². The lowest BCUT2D eigenvalue weighted by Gasteiger charge is -2.23. The van der Waals surface area contributed by atoms with E-state index in [0.29, 0.717) is 11.3 Å². The molecular formula is C22H19N3OS. The normalized spacial score (nSPS) is 13.2. The summed E-state index contributed by atoms with van der Waals surface area (Å²) in [5.74, 6) is -0.0695. The summed E-state index contributed by atoms with van der Waals surface area (Å²) in [5.41, 5.74) is 5.11. The van der Waals surface area contributed by atoms with Crippen LogP contribution in [0.3, 0.4) is 0 Å². The number of nitriles is 1. The second-order valence-corrected chi connectivity index (χ2v) is 7.78. The second kappa shape index (κ2) is 6.98. The maximum absolute atomic E-state index is 13.2. The van der Waals surface area contributed by atoms with Crippen molar-refractivity contribution in [2.24, 2.45) is 0 Å². The van der Waals surface area contributed by atoms with Gasteiger partial charge in [-0.2, -0.15) is 5.26 Å². The van der Waals surface area contributed by atoms with E-state index >= 15 is 0 Å². The molecule has 0 bridgehead atoms. The summed E-state index contributed by atoms with van der Waals surface area (Å²) >= 11 is 1.49. The first-order valence-corrected chi connectivity index (χ1v) is 9.81. The summed E-state index contributed by atoms with van der Waals surface area (Å²) in [6, 6.07) is 16.0. The fraction of sp³-hybridized carbons (Fsp3) is 0.227. The number of carbonyl (C=O) groups is 1. The van der Waals surface area contributed by atoms with E-state index in [9.17, 15) is 4.79 Å². The van der Waals surface area contributed by atoms with Crippen molar-refractivity contribution >= 4 is 22.9 Å². The van der Waals surface area contributed by atoms with Crippen LogP contribution in [0.4, 0.5) is 5.69 Å². The molecule has 0 radical (unpaired) electrons. The molecule has 1 aliphatic carbocycles. The predicted molar refractivity (Wildman–Crippen MR) is 108 cm³/mol. The molecule has 134 valence electrons. The van der Waals surface area contributed by atoms with Crippen molar-refractivity contribution in [3.05, 3.63) is 70.2 Å². The molecule has 5 heteroatoms. The first-order valence-electron chi connectivity index (χ1n) is 8.93. The third-order valence-electron chi connectivity index (χ3n) is 4.74. The highest BCUT2D eigenvalue weighted by Gasteiger charge is 2.36. The lowest BCUT2D eigenvalue weighted by molar-refractivity contribution is 0.0981. The molecule has 0 N–H and O–H groups in total. The Labute approximate surface area is 162 Å². The fourth-order valence-electron chi connectivity index (χ4n) is 3.12. The standard InChI is InChI=1S/C22H19N3OS/c1-14-3-6-17(7-4-14)21-24-19(13-27-21)22(26)25(18-8-9-18)20-10-5-16(12-23)11-15(20)2/h3-7,10-11,13,18H,8-9H2,1-2H3. The van der Waals surface area contributed by atoms with Gasteiger partial charge in [0.05, 0.1) is 11.6 Å². The SMILES string of the molecule is Cc1ccc(-c2nc(C(=O)N(c3ccc(C#N)cc3C)C3CC3)cs2)cc1. The van der Waals surface area contributed by atoms with Crippen molar-refractivity contribution < 1.29 is 4.79 Å². The van der Waals surface area contributed by atoms with Crippen LogP contribution < -0.4 is 4.90 Å². The Morgan fingerprint density at radius 1 is 1.19 bits per heavy atom. The zero-order chi connectivity index (χ0) is 19.0. The fourth-order valence-corrected chi connectivity index (χ4v) is 3.92. The topological polar surface area (TPSA) is 57.0 Å². The number of hydrogen-bond acceptors (Lipinski definition) is 4. The zero-order valence-electron chi connectivity index (χ0n) is 15.3. The van der Waals surface area contributed by atoms with E-state index in [1.807, 2.05) is 48.4 Å². The van der Waals surface area contributed by atoms with Crippen LogP contribution in [-0.2, 0) is 0 Å². The van der Waals surface area contributed by atoms with Gasteiger partial charge in [-0.25, -0.2) is 4.98 Å². The molecule has 3 aromatic rings. The molecule has 2 aromatic carbocycles. The smallest absolute Gasteiger partial charge is 0.278 e. The number of thiazole rings is 1. The highest BCUT2D eigenvalue weighted by molar-refractivity contribution is 7.13. The van der Waals surface area contributed by atoms with Gasteiger partial charge in [0, 0.05) is 22.7 Å². The molecule has 4 nitrogen and oxygen atoms in total. The molecule has 1 saturated carbocycles. The van der Waals surface area contributed by atoms with E-state index in [1.165, 1.54) is 16.9 Å². The van der Waals surface area contributed by atoms with E-state index in [4.69, 9.17) is 5.26 Å². The molecule has 4 rings (SSSR count). The first kappa shape index (κ1) is 17.4. The monoisotopic (exact) mass is 373 g/mol. The lowest BCUT2D eigenvalue weighted by Crippen LogP contribution is -2.33. The molecule has 1 heterocycles. The van der Waals surface area contributed by atoms with Gasteiger partial charge in [0.15, 0.2) is 0 Å². The van der Waals surface area contributed by atoms with Crippen LogP contribution in [0.1, 0.15) is 40.0 Å². The number of carbonyl (C=O) groups excluding carboxylic acids is 1. The van der Waals surface area contributed by atoms with E-state index in [-0.39, 0.29) is 11.9 Å². The summed E-state index contributed by atoms with van der Waals surface area (Å²) < 4.78 is 0. The highest BCUT2D eigenvalue weighted by Crippen LogP contribution is 2.35. The average Bonchev–Trinajstić information content (AvgIpc) is 3.38. The number of amides is 1. The van der Waals surface area contributed by atoms with Gasteiger partial charge in [0.1, 0.15) is 10.7 Å². The summed E-state index contributed by atoms with van der Waals surface area (Å²) in [6.45, 7) is 3.99. The quantitative estimate of drug-likeness (QED) is 0.639. The van der Waals surface area contributed by atoms with Crippen LogP contribution in [0.5, 0.6) is 0 Å². The van der Waals surface area contributed by atoms with E-state index in [0.717, 1.165) is 34.7 Å². The van der Waals surface area contributed by atoms with Crippen molar-refractivity contribution in [1.82, 2.24) is 4.98 Å². The molecule has 1 fully saturated rings. The third-order valence-corrected chi connectivity index (χ3v) is 5.63. The summed E-state index contributed by atoms with van der Waals surface area (Å²) in [6.07, 6.45) is 2.00. The molecule has 1 amide bonds. The zero-order valence-corrected chi connectivity index (χ0v) is 16.1. The minimum Gasteiger partial charge on any atom is -0.304 e. The summed E-state index contributed by atoms with van der Waals surface area (Å²) in [4.78, 5) is 19.7. The maximum Gasteiger partial charge on any atom is 0.278 e. The van der Waals surface area contributed by atoms with Crippen molar-refractivity contribution in [3.8, 4) is 16.6 Å². The summed E-state index contributed by atoms with van der Waals surface area (Å²) in [7, 11) is 0. The van der Waals surface area contributed by atoms with E-state index in [2.05, 4.69) is 23.2 Å². The van der Waals surface area contributed by atoms with Gasteiger partial charge >= 0.3 is 0 Å². The van der Waals surface area contributed by atoms with Gasteiger partial charge in [-0.15, -0.1) is 11.3 Å². The Hall–Kier alpha value is -2.97. The molecule has 27 heavy (non-hydrogen) atoms. The minimum atomic E-state index is -0.0695. The van der Waals surface area contributed by atoms with Crippen LogP contribution in [-0.4, -0.2) is 16.9 Å². The predicted octanol–water partition coefficient (Wildman–Crippen LogP) is 5.11. The van der Waals surface area contributed by atoms with Gasteiger partial charge in [-0.1, -0.05) is 29.8 Å². The number of aromatic nitrogens is 1. The van der Waals surface area contributed by atoms with Crippen LogP contribution in [0.2, 0.25) is 0 Å². The Morgan fingerprint density at radius 2 is 1.93 bits per heavy atom. The number of benzene rings is 2. The van der Waals surface area contributed by atoms with Gasteiger partial charge in [-0.05, 0) is 50.5 Å². The van der Waals surface area contributed by atoms with Crippen LogP contribution in [0.25, 0.3) is 10.6 Å². The van der Waals surface area contributed by atoms with Crippen molar-refractivity contribution in [2.45, 2.75) is 32.7 Å². The number of nitrogens with zero attached hydrogens (tertiary/aromatic N) is 3. The van der Waals surface area contributed by atoms with E-state index < -0.39 is 0 Å². The number of rotatable bonds is 4. The largest absolute Gasteiger partial charge is 0.304 e. The van der Waals surface area contributed by atoms with Crippen LogP contribution in [0.15, 0.2) is 47.8 Å². The number of aryl methyl sites for hydroxylation is 2. The van der Waals surface area contributed by atoms with Crippen molar-refractivity contribution in [1.29, 1.82) is 5.26 Å². The van der Waals surface area contributed by atoms with Crippen LogP contribution >= 0.6 is 11.3 Å². The Morgan fingerprint density at radius 3 is 2.56 bits per heavy atom. The lowest BCUT2D eigenvalue weighted by atomic mass is 10.1. The van der Waals surface area contributed by atoms with Gasteiger partial charge in [0.25, 0.3) is 5.91 Å². The molecule has 0 aliphatic heterocycles. The van der Waals surface area contributed by atoms with E-state index in [1.54, 1.807) is 6.07 Å². The molecular weight excluding hydrogens is 354 g/mol.